The van der Waals surface area contributed by atoms with Crippen molar-refractivity contribution in [1.82, 2.24) is 15.5 Å². The average molecular weight is 488 g/mol. The Hall–Kier alpha value is -3.64. The summed E-state index contributed by atoms with van der Waals surface area (Å²) in [6.45, 7) is 1.32. The van der Waals surface area contributed by atoms with E-state index in [0.717, 1.165) is 40.9 Å². The van der Waals surface area contributed by atoms with Crippen LogP contribution in [-0.2, 0) is 28.0 Å². The van der Waals surface area contributed by atoms with Crippen molar-refractivity contribution in [2.75, 3.05) is 6.54 Å². The fourth-order valence-corrected chi connectivity index (χ4v) is 5.06. The van der Waals surface area contributed by atoms with Crippen LogP contribution in [0.5, 0.6) is 0 Å². The minimum absolute atomic E-state index is 0.373. The van der Waals surface area contributed by atoms with Crippen LogP contribution in [0.2, 0.25) is 5.02 Å². The van der Waals surface area contributed by atoms with E-state index in [9.17, 15) is 14.4 Å². The summed E-state index contributed by atoms with van der Waals surface area (Å²) in [5, 5.41) is 6.39. The van der Waals surface area contributed by atoms with Crippen molar-refractivity contribution in [3.8, 4) is 0 Å². The third kappa shape index (κ3) is 4.42. The Kier molecular flexibility index (Phi) is 6.07. The summed E-state index contributed by atoms with van der Waals surface area (Å²) in [5.41, 5.74) is 3.76. The third-order valence-corrected chi connectivity index (χ3v) is 7.15. The maximum atomic E-state index is 13.4. The van der Waals surface area contributed by atoms with Gasteiger partial charge in [-0.1, -0.05) is 72.3 Å². The molecule has 5 rings (SSSR count). The summed E-state index contributed by atoms with van der Waals surface area (Å²) >= 11 is 6.05. The van der Waals surface area contributed by atoms with E-state index in [1.54, 1.807) is 19.1 Å². The van der Waals surface area contributed by atoms with E-state index in [0.29, 0.717) is 5.02 Å². The van der Waals surface area contributed by atoms with E-state index >= 15 is 0 Å². The van der Waals surface area contributed by atoms with Gasteiger partial charge in [0.1, 0.15) is 12.1 Å². The molecule has 1 saturated heterocycles. The Morgan fingerprint density at radius 1 is 1.00 bits per heavy atom. The first-order valence-corrected chi connectivity index (χ1v) is 12.1. The van der Waals surface area contributed by atoms with Crippen LogP contribution in [-0.4, -0.2) is 29.3 Å². The Morgan fingerprint density at radius 3 is 2.43 bits per heavy atom. The Bertz CT molecular complexity index is 1290. The molecule has 0 spiro atoms. The zero-order chi connectivity index (χ0) is 24.6. The Labute approximate surface area is 209 Å². The summed E-state index contributed by atoms with van der Waals surface area (Å²) in [7, 11) is 0. The van der Waals surface area contributed by atoms with Gasteiger partial charge in [-0.3, -0.25) is 14.5 Å². The van der Waals surface area contributed by atoms with Crippen LogP contribution < -0.4 is 10.6 Å². The lowest BCUT2D eigenvalue weighted by molar-refractivity contribution is -0.135. The molecule has 0 aromatic heterocycles. The van der Waals surface area contributed by atoms with Crippen LogP contribution in [0.15, 0.2) is 72.8 Å². The minimum Gasteiger partial charge on any atom is -0.344 e. The molecule has 1 heterocycles. The van der Waals surface area contributed by atoms with Crippen molar-refractivity contribution >= 4 is 29.4 Å². The fraction of sp³-hybridized carbons (Fsp3) is 0.250. The van der Waals surface area contributed by atoms with Gasteiger partial charge in [-0.2, -0.15) is 0 Å². The summed E-state index contributed by atoms with van der Waals surface area (Å²) in [6.07, 6.45) is 3.10. The number of imide groups is 1. The number of nitrogens with one attached hydrogen (secondary N) is 2. The highest BCUT2D eigenvalue weighted by atomic mass is 35.5. The molecule has 0 saturated carbocycles. The zero-order valence-electron chi connectivity index (χ0n) is 19.4. The van der Waals surface area contributed by atoms with Crippen molar-refractivity contribution in [2.24, 2.45) is 0 Å². The molecule has 1 aliphatic carbocycles. The van der Waals surface area contributed by atoms with E-state index in [2.05, 4.69) is 10.6 Å². The molecule has 0 unspecified atom stereocenters. The zero-order valence-corrected chi connectivity index (χ0v) is 20.1. The second-order valence-electron chi connectivity index (χ2n) is 9.25. The monoisotopic (exact) mass is 487 g/mol. The first-order chi connectivity index (χ1) is 16.8. The summed E-state index contributed by atoms with van der Waals surface area (Å²) in [6, 6.07) is 21.7. The molecule has 0 radical (unpaired) electrons. The molecule has 1 fully saturated rings. The number of amides is 4. The summed E-state index contributed by atoms with van der Waals surface area (Å²) < 4.78 is 0. The van der Waals surface area contributed by atoms with Crippen LogP contribution in [0, 0.1) is 0 Å². The molecule has 4 amide bonds. The Balaban J connectivity index is 1.35. The van der Waals surface area contributed by atoms with Gasteiger partial charge in [0.2, 0.25) is 5.91 Å². The van der Waals surface area contributed by atoms with Crippen molar-refractivity contribution in [3.05, 3.63) is 106 Å². The largest absolute Gasteiger partial charge is 0.344 e. The molecule has 2 aliphatic rings. The molecule has 3 aromatic rings. The smallest absolute Gasteiger partial charge is 0.325 e. The van der Waals surface area contributed by atoms with Crippen molar-refractivity contribution in [3.63, 3.8) is 0 Å². The van der Waals surface area contributed by atoms with Gasteiger partial charge in [0.25, 0.3) is 5.91 Å². The molecule has 178 valence electrons. The predicted octanol–water partition coefficient (Wildman–Crippen LogP) is 4.50. The van der Waals surface area contributed by atoms with Gasteiger partial charge in [0.15, 0.2) is 0 Å². The van der Waals surface area contributed by atoms with Gasteiger partial charge in [-0.05, 0) is 66.1 Å². The lowest BCUT2D eigenvalue weighted by atomic mass is 9.89. The van der Waals surface area contributed by atoms with E-state index in [1.165, 1.54) is 11.1 Å². The van der Waals surface area contributed by atoms with Gasteiger partial charge in [-0.25, -0.2) is 4.79 Å². The van der Waals surface area contributed by atoms with Crippen molar-refractivity contribution in [2.45, 2.75) is 37.8 Å². The summed E-state index contributed by atoms with van der Waals surface area (Å²) in [5.74, 6) is -0.867. The Morgan fingerprint density at radius 2 is 1.69 bits per heavy atom. The molecule has 2 atom stereocenters. The highest BCUT2D eigenvalue weighted by Crippen LogP contribution is 2.32. The van der Waals surface area contributed by atoms with Crippen molar-refractivity contribution in [1.29, 1.82) is 0 Å². The van der Waals surface area contributed by atoms with Gasteiger partial charge in [-0.15, -0.1) is 0 Å². The summed E-state index contributed by atoms with van der Waals surface area (Å²) in [4.78, 5) is 40.3. The fourth-order valence-electron chi connectivity index (χ4n) is 4.93. The highest BCUT2D eigenvalue weighted by Gasteiger charge is 2.49. The third-order valence-electron chi connectivity index (χ3n) is 6.89. The normalized spacial score (nSPS) is 19.9. The molecule has 2 N–H and O–H groups in total. The topological polar surface area (TPSA) is 78.5 Å². The molecular formula is C28H26ClN3O3. The van der Waals surface area contributed by atoms with E-state index in [4.69, 9.17) is 11.6 Å². The molecule has 35 heavy (non-hydrogen) atoms. The maximum absolute atomic E-state index is 13.4. The van der Waals surface area contributed by atoms with E-state index in [-0.39, 0.29) is 6.54 Å². The predicted molar refractivity (Wildman–Crippen MR) is 134 cm³/mol. The standard InChI is InChI=1S/C28H26ClN3O3/c1-28(22-13-10-18-8-5-9-21(18)16-22)26(34)32(27(35)31-28)17-24(33)30-25(19-6-3-2-4-7-19)20-11-14-23(29)15-12-20/h2-4,6-7,10-16,25H,5,8-9,17H2,1H3,(H,30,33)(H,31,35)/t25-,28+/m1/s1. The number of carbonyl (C=O) groups is 3. The van der Waals surface area contributed by atoms with Gasteiger partial charge in [0.05, 0.1) is 6.04 Å². The second kappa shape index (κ2) is 9.19. The van der Waals surface area contributed by atoms with E-state index in [1.807, 2.05) is 60.7 Å². The van der Waals surface area contributed by atoms with Crippen LogP contribution in [0.25, 0.3) is 0 Å². The quantitative estimate of drug-likeness (QED) is 0.502. The van der Waals surface area contributed by atoms with Crippen LogP contribution in [0.4, 0.5) is 4.79 Å². The maximum Gasteiger partial charge on any atom is 0.325 e. The number of fused-ring (bicyclic) bond motifs is 1. The number of benzene rings is 3. The molecule has 1 aliphatic heterocycles. The number of rotatable bonds is 6. The number of hydrogen-bond acceptors (Lipinski definition) is 3. The molecule has 3 aromatic carbocycles. The van der Waals surface area contributed by atoms with Gasteiger partial charge in [0, 0.05) is 5.02 Å². The van der Waals surface area contributed by atoms with Crippen LogP contribution >= 0.6 is 11.6 Å². The average Bonchev–Trinajstić information content (AvgIpc) is 3.42. The number of urea groups is 1. The first-order valence-electron chi connectivity index (χ1n) is 11.7. The number of halogens is 1. The van der Waals surface area contributed by atoms with Gasteiger partial charge < -0.3 is 10.6 Å². The van der Waals surface area contributed by atoms with Crippen LogP contribution in [0.3, 0.4) is 0 Å². The SMILES string of the molecule is C[C@@]1(c2ccc3c(c2)CCC3)NC(=O)N(CC(=O)N[C@H](c2ccccc2)c2ccc(Cl)cc2)C1=O. The molecule has 0 bridgehead atoms. The lowest BCUT2D eigenvalue weighted by Gasteiger charge is -2.24. The minimum atomic E-state index is -1.20. The highest BCUT2D eigenvalue weighted by molar-refractivity contribution is 6.30. The van der Waals surface area contributed by atoms with E-state index < -0.39 is 29.4 Å². The van der Waals surface area contributed by atoms with Gasteiger partial charge >= 0.3 is 6.03 Å². The second-order valence-corrected chi connectivity index (χ2v) is 9.68. The van der Waals surface area contributed by atoms with Crippen molar-refractivity contribution < 1.29 is 14.4 Å². The molecular weight excluding hydrogens is 462 g/mol. The molecule has 7 heteroatoms. The lowest BCUT2D eigenvalue weighted by Crippen LogP contribution is -2.44. The van der Waals surface area contributed by atoms with Crippen LogP contribution in [0.1, 0.15) is 47.2 Å². The number of nitrogens with zero attached hydrogens (tertiary/aromatic N) is 1. The number of aryl methyl sites for hydroxylation is 2. The first kappa shape index (κ1) is 23.1. The molecule has 6 nitrogen and oxygen atoms in total. The number of carbonyl (C=O) groups excluding carboxylic acids is 3. The number of hydrogen-bond donors (Lipinski definition) is 2.